The highest BCUT2D eigenvalue weighted by atomic mass is 32.2. The second-order valence-electron chi connectivity index (χ2n) is 5.06. The van der Waals surface area contributed by atoms with Crippen LogP contribution in [0.4, 0.5) is 4.39 Å². The standard InChI is InChI=1S/C14H14FN5S/c15-13-6-5-10(7-11(13)8-16)9-21-14-17-18-19-20(14)12-3-1-2-4-12/h5-7,12H,1-4,9H2. The number of thioether (sulfide) groups is 1. The van der Waals surface area contributed by atoms with Crippen molar-refractivity contribution in [3.63, 3.8) is 0 Å². The van der Waals surface area contributed by atoms with Crippen LogP contribution in [-0.2, 0) is 5.75 Å². The van der Waals surface area contributed by atoms with E-state index in [9.17, 15) is 4.39 Å². The Kier molecular flexibility index (Phi) is 4.15. The van der Waals surface area contributed by atoms with E-state index < -0.39 is 5.82 Å². The molecule has 108 valence electrons. The van der Waals surface area contributed by atoms with Crippen LogP contribution in [0, 0.1) is 17.1 Å². The first-order valence-electron chi connectivity index (χ1n) is 6.87. The first kappa shape index (κ1) is 14.0. The molecule has 0 saturated heterocycles. The van der Waals surface area contributed by atoms with Crippen LogP contribution in [-0.4, -0.2) is 20.2 Å². The Balaban J connectivity index is 1.71. The molecule has 0 bridgehead atoms. The van der Waals surface area contributed by atoms with Gasteiger partial charge in [-0.25, -0.2) is 9.07 Å². The Labute approximate surface area is 126 Å². The van der Waals surface area contributed by atoms with Crippen molar-refractivity contribution in [3.05, 3.63) is 35.1 Å². The number of hydrogen-bond donors (Lipinski definition) is 0. The van der Waals surface area contributed by atoms with Crippen LogP contribution in [0.2, 0.25) is 0 Å². The summed E-state index contributed by atoms with van der Waals surface area (Å²) in [5.41, 5.74) is 0.961. The molecule has 1 aromatic heterocycles. The Bertz CT molecular complexity index is 672. The second kappa shape index (κ2) is 6.22. The molecule has 1 aliphatic rings. The SMILES string of the molecule is N#Cc1cc(CSc2nnnn2C2CCCC2)ccc1F. The van der Waals surface area contributed by atoms with Gasteiger partial charge in [0, 0.05) is 5.75 Å². The first-order chi connectivity index (χ1) is 10.3. The van der Waals surface area contributed by atoms with Gasteiger partial charge >= 0.3 is 0 Å². The average molecular weight is 303 g/mol. The molecule has 1 fully saturated rings. The minimum atomic E-state index is -0.484. The molecule has 0 atom stereocenters. The Morgan fingerprint density at radius 1 is 1.38 bits per heavy atom. The number of benzene rings is 1. The van der Waals surface area contributed by atoms with E-state index in [1.165, 1.54) is 30.7 Å². The molecule has 21 heavy (non-hydrogen) atoms. The zero-order chi connectivity index (χ0) is 14.7. The molecule has 1 heterocycles. The number of nitrogens with zero attached hydrogens (tertiary/aromatic N) is 5. The number of rotatable bonds is 4. The van der Waals surface area contributed by atoms with E-state index in [0.29, 0.717) is 11.8 Å². The van der Waals surface area contributed by atoms with E-state index in [1.54, 1.807) is 12.1 Å². The molecule has 2 aromatic rings. The molecule has 1 aliphatic carbocycles. The van der Waals surface area contributed by atoms with Gasteiger partial charge in [-0.3, -0.25) is 0 Å². The van der Waals surface area contributed by atoms with Crippen molar-refractivity contribution >= 4 is 11.8 Å². The molecule has 0 radical (unpaired) electrons. The van der Waals surface area contributed by atoms with E-state index in [2.05, 4.69) is 15.5 Å². The number of nitriles is 1. The lowest BCUT2D eigenvalue weighted by molar-refractivity contribution is 0.423. The summed E-state index contributed by atoms with van der Waals surface area (Å²) >= 11 is 1.51. The maximum Gasteiger partial charge on any atom is 0.209 e. The van der Waals surface area contributed by atoms with E-state index in [4.69, 9.17) is 5.26 Å². The predicted octanol–water partition coefficient (Wildman–Crippen LogP) is 3.09. The lowest BCUT2D eigenvalue weighted by Gasteiger charge is -2.10. The normalized spacial score (nSPS) is 15.2. The largest absolute Gasteiger partial charge is 0.217 e. The first-order valence-corrected chi connectivity index (χ1v) is 7.85. The molecule has 3 rings (SSSR count). The fourth-order valence-corrected chi connectivity index (χ4v) is 3.44. The van der Waals surface area contributed by atoms with Crippen molar-refractivity contribution in [2.75, 3.05) is 0 Å². The van der Waals surface area contributed by atoms with Gasteiger partial charge in [-0.15, -0.1) is 5.10 Å². The maximum absolute atomic E-state index is 13.3. The Hall–Kier alpha value is -1.94. The van der Waals surface area contributed by atoms with Gasteiger partial charge in [-0.1, -0.05) is 30.7 Å². The number of aromatic nitrogens is 4. The van der Waals surface area contributed by atoms with Crippen molar-refractivity contribution in [1.82, 2.24) is 20.2 Å². The number of hydrogen-bond acceptors (Lipinski definition) is 5. The summed E-state index contributed by atoms with van der Waals surface area (Å²) in [6.45, 7) is 0. The summed E-state index contributed by atoms with van der Waals surface area (Å²) in [4.78, 5) is 0. The van der Waals surface area contributed by atoms with Gasteiger partial charge in [0.05, 0.1) is 11.6 Å². The molecule has 7 heteroatoms. The highest BCUT2D eigenvalue weighted by molar-refractivity contribution is 7.98. The topological polar surface area (TPSA) is 67.4 Å². The molecule has 1 saturated carbocycles. The van der Waals surface area contributed by atoms with Crippen LogP contribution < -0.4 is 0 Å². The Morgan fingerprint density at radius 3 is 2.95 bits per heavy atom. The fourth-order valence-electron chi connectivity index (χ4n) is 2.55. The average Bonchev–Trinajstić information content (AvgIpc) is 3.17. The lowest BCUT2D eigenvalue weighted by atomic mass is 10.1. The molecule has 0 unspecified atom stereocenters. The van der Waals surface area contributed by atoms with Gasteiger partial charge in [0.25, 0.3) is 0 Å². The molecule has 0 N–H and O–H groups in total. The van der Waals surface area contributed by atoms with Crippen LogP contribution in [0.25, 0.3) is 0 Å². The summed E-state index contributed by atoms with van der Waals surface area (Å²) in [6, 6.07) is 6.84. The van der Waals surface area contributed by atoms with Gasteiger partial charge in [-0.2, -0.15) is 5.26 Å². The third-order valence-corrected chi connectivity index (χ3v) is 4.66. The quantitative estimate of drug-likeness (QED) is 0.812. The van der Waals surface area contributed by atoms with Crippen LogP contribution in [0.5, 0.6) is 0 Å². The minimum absolute atomic E-state index is 0.0727. The summed E-state index contributed by atoms with van der Waals surface area (Å²) in [5.74, 6) is 0.129. The molecule has 1 aromatic carbocycles. The van der Waals surface area contributed by atoms with Crippen LogP contribution in [0.3, 0.4) is 0 Å². The zero-order valence-electron chi connectivity index (χ0n) is 11.4. The van der Waals surface area contributed by atoms with Crippen molar-refractivity contribution in [1.29, 1.82) is 5.26 Å². The number of tetrazole rings is 1. The molecule has 5 nitrogen and oxygen atoms in total. The van der Waals surface area contributed by atoms with Crippen molar-refractivity contribution in [2.45, 2.75) is 42.6 Å². The van der Waals surface area contributed by atoms with Gasteiger partial charge in [0.1, 0.15) is 11.9 Å². The van der Waals surface area contributed by atoms with Crippen molar-refractivity contribution in [3.8, 4) is 6.07 Å². The van der Waals surface area contributed by atoms with E-state index in [1.807, 2.05) is 10.8 Å². The monoisotopic (exact) mass is 303 g/mol. The highest BCUT2D eigenvalue weighted by Crippen LogP contribution is 2.32. The Morgan fingerprint density at radius 2 is 2.19 bits per heavy atom. The molecule has 0 spiro atoms. The van der Waals surface area contributed by atoms with Crippen molar-refractivity contribution < 1.29 is 4.39 Å². The van der Waals surface area contributed by atoms with E-state index in [-0.39, 0.29) is 5.56 Å². The summed E-state index contributed by atoms with van der Waals surface area (Å²) in [7, 11) is 0. The molecular formula is C14H14FN5S. The smallest absolute Gasteiger partial charge is 0.209 e. The van der Waals surface area contributed by atoms with Crippen LogP contribution in [0.1, 0.15) is 42.9 Å². The third-order valence-electron chi connectivity index (χ3n) is 3.65. The predicted molar refractivity (Wildman–Crippen MR) is 76.0 cm³/mol. The number of halogens is 1. The summed E-state index contributed by atoms with van der Waals surface area (Å²) < 4.78 is 15.2. The molecular weight excluding hydrogens is 289 g/mol. The van der Waals surface area contributed by atoms with Crippen LogP contribution in [0.15, 0.2) is 23.4 Å². The van der Waals surface area contributed by atoms with E-state index >= 15 is 0 Å². The maximum atomic E-state index is 13.3. The van der Waals surface area contributed by atoms with Gasteiger partial charge < -0.3 is 0 Å². The highest BCUT2D eigenvalue weighted by Gasteiger charge is 2.21. The summed E-state index contributed by atoms with van der Waals surface area (Å²) in [5, 5.41) is 21.5. The fraction of sp³-hybridized carbons (Fsp3) is 0.429. The van der Waals surface area contributed by atoms with E-state index in [0.717, 1.165) is 23.6 Å². The summed E-state index contributed by atoms with van der Waals surface area (Å²) in [6.07, 6.45) is 4.68. The zero-order valence-corrected chi connectivity index (χ0v) is 12.2. The third kappa shape index (κ3) is 3.05. The van der Waals surface area contributed by atoms with Crippen LogP contribution >= 0.6 is 11.8 Å². The second-order valence-corrected chi connectivity index (χ2v) is 6.00. The van der Waals surface area contributed by atoms with Gasteiger partial charge in [0.2, 0.25) is 5.16 Å². The van der Waals surface area contributed by atoms with Gasteiger partial charge in [-0.05, 0) is 41.0 Å². The minimum Gasteiger partial charge on any atom is -0.217 e. The van der Waals surface area contributed by atoms with Gasteiger partial charge in [0.15, 0.2) is 0 Å². The molecule has 0 amide bonds. The molecule has 0 aliphatic heterocycles. The lowest BCUT2D eigenvalue weighted by Crippen LogP contribution is -2.08. The van der Waals surface area contributed by atoms with Crippen molar-refractivity contribution in [2.24, 2.45) is 0 Å².